The molecular weight excluding hydrogens is 256 g/mol. The van der Waals surface area contributed by atoms with Crippen molar-refractivity contribution in [3.63, 3.8) is 0 Å². The van der Waals surface area contributed by atoms with Gasteiger partial charge in [-0.3, -0.25) is 4.79 Å². The lowest BCUT2D eigenvalue weighted by Gasteiger charge is -2.08. The van der Waals surface area contributed by atoms with Gasteiger partial charge >= 0.3 is 0 Å². The number of carbonyl (C=O) groups excluding carboxylic acids is 1. The second kappa shape index (κ2) is 5.39. The van der Waals surface area contributed by atoms with Gasteiger partial charge in [-0.25, -0.2) is 4.98 Å². The van der Waals surface area contributed by atoms with E-state index < -0.39 is 0 Å². The summed E-state index contributed by atoms with van der Waals surface area (Å²) in [7, 11) is 0. The minimum absolute atomic E-state index is 0.0761. The topological polar surface area (TPSA) is 62.2 Å². The Kier molecular flexibility index (Phi) is 3.88. The van der Waals surface area contributed by atoms with E-state index in [-0.39, 0.29) is 18.6 Å². The van der Waals surface area contributed by atoms with Gasteiger partial charge in [-0.15, -0.1) is 11.3 Å². The Morgan fingerprint density at radius 2 is 2.41 bits per heavy atom. The lowest BCUT2D eigenvalue weighted by Crippen LogP contribution is -2.35. The lowest BCUT2D eigenvalue weighted by molar-refractivity contribution is 0.0918. The van der Waals surface area contributed by atoms with Crippen LogP contribution in [-0.4, -0.2) is 28.6 Å². The highest BCUT2D eigenvalue weighted by Gasteiger charge is 2.13. The molecule has 2 aromatic rings. The zero-order valence-corrected chi connectivity index (χ0v) is 10.8. The minimum Gasteiger partial charge on any atom is -0.394 e. The van der Waals surface area contributed by atoms with E-state index in [1.807, 2.05) is 16.8 Å². The Morgan fingerprint density at radius 3 is 3.06 bits per heavy atom. The first kappa shape index (κ1) is 12.2. The molecule has 2 N–H and O–H groups in total. The maximum Gasteiger partial charge on any atom is 0.271 e. The average Bonchev–Trinajstić information content (AvgIpc) is 2.98. The number of hydrogen-bond acceptors (Lipinski definition) is 5. The third kappa shape index (κ3) is 2.91. The Labute approximate surface area is 107 Å². The molecule has 0 aromatic carbocycles. The van der Waals surface area contributed by atoms with E-state index in [1.54, 1.807) is 23.6 Å². The number of thiazole rings is 1. The molecule has 0 saturated heterocycles. The Morgan fingerprint density at radius 1 is 1.59 bits per heavy atom. The molecule has 6 heteroatoms. The van der Waals surface area contributed by atoms with Gasteiger partial charge in [-0.1, -0.05) is 0 Å². The van der Waals surface area contributed by atoms with Crippen molar-refractivity contribution in [3.8, 4) is 10.6 Å². The Hall–Kier alpha value is -1.24. The largest absolute Gasteiger partial charge is 0.394 e. The van der Waals surface area contributed by atoms with Crippen LogP contribution >= 0.6 is 22.7 Å². The maximum absolute atomic E-state index is 11.7. The SMILES string of the molecule is C[C@@H](CO)NC(=O)c1csc(-c2ccsc2)n1. The molecule has 0 aliphatic rings. The monoisotopic (exact) mass is 268 g/mol. The predicted molar refractivity (Wildman–Crippen MR) is 69.4 cm³/mol. The smallest absolute Gasteiger partial charge is 0.271 e. The van der Waals surface area contributed by atoms with Crippen LogP contribution in [0, 0.1) is 0 Å². The quantitative estimate of drug-likeness (QED) is 0.891. The van der Waals surface area contributed by atoms with Crippen LogP contribution < -0.4 is 5.32 Å². The fraction of sp³-hybridized carbons (Fsp3) is 0.273. The van der Waals surface area contributed by atoms with Gasteiger partial charge < -0.3 is 10.4 Å². The lowest BCUT2D eigenvalue weighted by atomic mass is 10.3. The molecule has 1 amide bonds. The molecule has 0 spiro atoms. The molecular formula is C11H12N2O2S2. The molecule has 0 aliphatic heterocycles. The molecule has 4 nitrogen and oxygen atoms in total. The predicted octanol–water partition coefficient (Wildman–Crippen LogP) is 1.98. The second-order valence-corrected chi connectivity index (χ2v) is 5.25. The molecule has 0 saturated carbocycles. The van der Waals surface area contributed by atoms with Crippen LogP contribution in [0.15, 0.2) is 22.2 Å². The zero-order chi connectivity index (χ0) is 12.3. The third-order valence-electron chi connectivity index (χ3n) is 2.16. The average molecular weight is 268 g/mol. The summed E-state index contributed by atoms with van der Waals surface area (Å²) in [5.41, 5.74) is 1.44. The number of nitrogens with one attached hydrogen (secondary N) is 1. The van der Waals surface area contributed by atoms with E-state index in [2.05, 4.69) is 10.3 Å². The van der Waals surface area contributed by atoms with Crippen molar-refractivity contribution in [1.29, 1.82) is 0 Å². The molecule has 2 aromatic heterocycles. The molecule has 0 radical (unpaired) electrons. The van der Waals surface area contributed by atoms with Crippen LogP contribution in [0.4, 0.5) is 0 Å². The molecule has 2 rings (SSSR count). The highest BCUT2D eigenvalue weighted by atomic mass is 32.1. The van der Waals surface area contributed by atoms with E-state index in [1.165, 1.54) is 11.3 Å². The first-order valence-electron chi connectivity index (χ1n) is 5.10. The molecule has 0 fully saturated rings. The van der Waals surface area contributed by atoms with Crippen molar-refractivity contribution in [2.45, 2.75) is 13.0 Å². The van der Waals surface area contributed by atoms with Crippen LogP contribution in [-0.2, 0) is 0 Å². The first-order valence-corrected chi connectivity index (χ1v) is 6.92. The minimum atomic E-state index is -0.256. The summed E-state index contributed by atoms with van der Waals surface area (Å²) in [6, 6.07) is 1.72. The van der Waals surface area contributed by atoms with Crippen molar-refractivity contribution in [2.24, 2.45) is 0 Å². The highest BCUT2D eigenvalue weighted by molar-refractivity contribution is 7.14. The van der Waals surface area contributed by atoms with E-state index in [9.17, 15) is 4.79 Å². The summed E-state index contributed by atoms with van der Waals surface area (Å²) in [4.78, 5) is 16.0. The highest BCUT2D eigenvalue weighted by Crippen LogP contribution is 2.25. The van der Waals surface area contributed by atoms with Crippen LogP contribution in [0.5, 0.6) is 0 Å². The fourth-order valence-corrected chi connectivity index (χ4v) is 2.75. The first-order chi connectivity index (χ1) is 8.20. The zero-order valence-electron chi connectivity index (χ0n) is 9.21. The Bertz CT molecular complexity index is 493. The number of aromatic nitrogens is 1. The molecule has 90 valence electrons. The van der Waals surface area contributed by atoms with Crippen molar-refractivity contribution in [1.82, 2.24) is 10.3 Å². The number of aliphatic hydroxyl groups excluding tert-OH is 1. The Balaban J connectivity index is 2.11. The van der Waals surface area contributed by atoms with E-state index >= 15 is 0 Å². The second-order valence-electron chi connectivity index (χ2n) is 3.61. The normalized spacial score (nSPS) is 12.4. The van der Waals surface area contributed by atoms with Gasteiger partial charge in [0.1, 0.15) is 10.7 Å². The molecule has 17 heavy (non-hydrogen) atoms. The van der Waals surface area contributed by atoms with Crippen LogP contribution in [0.25, 0.3) is 10.6 Å². The summed E-state index contributed by atoms with van der Waals surface area (Å²) >= 11 is 3.04. The van der Waals surface area contributed by atoms with Gasteiger partial charge in [0.05, 0.1) is 6.61 Å². The van der Waals surface area contributed by atoms with Crippen molar-refractivity contribution < 1.29 is 9.90 Å². The molecule has 0 bridgehead atoms. The van der Waals surface area contributed by atoms with Gasteiger partial charge in [0.2, 0.25) is 0 Å². The molecule has 2 heterocycles. The van der Waals surface area contributed by atoms with Gasteiger partial charge in [0.15, 0.2) is 0 Å². The van der Waals surface area contributed by atoms with E-state index in [0.717, 1.165) is 10.6 Å². The number of hydrogen-bond donors (Lipinski definition) is 2. The van der Waals surface area contributed by atoms with Crippen LogP contribution in [0.2, 0.25) is 0 Å². The number of nitrogens with zero attached hydrogens (tertiary/aromatic N) is 1. The van der Waals surface area contributed by atoms with Crippen molar-refractivity contribution in [2.75, 3.05) is 6.61 Å². The number of rotatable bonds is 4. The summed E-state index contributed by atoms with van der Waals surface area (Å²) in [5, 5.41) is 18.1. The molecule has 1 atom stereocenters. The van der Waals surface area contributed by atoms with Gasteiger partial charge in [-0.05, 0) is 18.4 Å². The summed E-state index contributed by atoms with van der Waals surface area (Å²) in [6.45, 7) is 1.66. The number of aliphatic hydroxyl groups is 1. The van der Waals surface area contributed by atoms with E-state index in [0.29, 0.717) is 5.69 Å². The fourth-order valence-electron chi connectivity index (χ4n) is 1.24. The maximum atomic E-state index is 11.7. The molecule has 0 aliphatic carbocycles. The van der Waals surface area contributed by atoms with Crippen LogP contribution in [0.3, 0.4) is 0 Å². The van der Waals surface area contributed by atoms with Crippen molar-refractivity contribution in [3.05, 3.63) is 27.9 Å². The van der Waals surface area contributed by atoms with E-state index in [4.69, 9.17) is 5.11 Å². The van der Waals surface area contributed by atoms with Crippen LogP contribution in [0.1, 0.15) is 17.4 Å². The number of thiophene rings is 1. The number of carbonyl (C=O) groups is 1. The van der Waals surface area contributed by atoms with Gasteiger partial charge in [-0.2, -0.15) is 11.3 Å². The third-order valence-corrected chi connectivity index (χ3v) is 3.73. The summed E-state index contributed by atoms with van der Waals surface area (Å²) < 4.78 is 0. The van der Waals surface area contributed by atoms with Gasteiger partial charge in [0.25, 0.3) is 5.91 Å². The standard InChI is InChI=1S/C11H12N2O2S2/c1-7(4-14)12-10(15)9-6-17-11(13-9)8-2-3-16-5-8/h2-3,5-7,14H,4H2,1H3,(H,12,15)/t7-/m0/s1. The van der Waals surface area contributed by atoms with Crippen molar-refractivity contribution >= 4 is 28.6 Å². The summed E-state index contributed by atoms with van der Waals surface area (Å²) in [6.07, 6.45) is 0. The number of amides is 1. The summed E-state index contributed by atoms with van der Waals surface area (Å²) in [5.74, 6) is -0.246. The molecule has 0 unspecified atom stereocenters. The van der Waals surface area contributed by atoms with Gasteiger partial charge in [0, 0.05) is 22.4 Å².